The van der Waals surface area contributed by atoms with Gasteiger partial charge >= 0.3 is 12.1 Å². The van der Waals surface area contributed by atoms with Gasteiger partial charge in [-0.25, -0.2) is 9.18 Å². The zero-order valence-electron chi connectivity index (χ0n) is 12.0. The van der Waals surface area contributed by atoms with E-state index in [4.69, 9.17) is 4.74 Å². The van der Waals surface area contributed by atoms with E-state index >= 15 is 0 Å². The number of hydrogen-bond acceptors (Lipinski definition) is 3. The van der Waals surface area contributed by atoms with E-state index in [1.807, 2.05) is 0 Å². The summed E-state index contributed by atoms with van der Waals surface area (Å²) in [6, 6.07) is 8.02. The summed E-state index contributed by atoms with van der Waals surface area (Å²) >= 11 is 0. The van der Waals surface area contributed by atoms with E-state index in [1.54, 1.807) is 0 Å². The quantitative estimate of drug-likeness (QED) is 0.623. The smallest absolute Gasteiger partial charge is 0.416 e. The molecule has 2 aromatic rings. The van der Waals surface area contributed by atoms with Gasteiger partial charge in [0.05, 0.1) is 12.7 Å². The van der Waals surface area contributed by atoms with E-state index in [9.17, 15) is 22.4 Å². The van der Waals surface area contributed by atoms with Crippen molar-refractivity contribution in [1.82, 2.24) is 0 Å². The van der Waals surface area contributed by atoms with Gasteiger partial charge in [-0.2, -0.15) is 13.2 Å². The summed E-state index contributed by atoms with van der Waals surface area (Å²) < 4.78 is 61.7. The summed E-state index contributed by atoms with van der Waals surface area (Å²) in [4.78, 5) is 11.6. The van der Waals surface area contributed by atoms with Gasteiger partial charge in [-0.3, -0.25) is 0 Å². The fourth-order valence-electron chi connectivity index (χ4n) is 1.98. The van der Waals surface area contributed by atoms with Gasteiger partial charge in [-0.1, -0.05) is 18.2 Å². The van der Waals surface area contributed by atoms with E-state index in [-0.39, 0.29) is 16.9 Å². The molecular weight excluding hydrogens is 316 g/mol. The minimum atomic E-state index is -4.52. The van der Waals surface area contributed by atoms with Crippen molar-refractivity contribution in [2.24, 2.45) is 0 Å². The second-order valence-corrected chi connectivity index (χ2v) is 4.58. The molecule has 0 aliphatic heterocycles. The molecule has 122 valence electrons. The summed E-state index contributed by atoms with van der Waals surface area (Å²) in [5.41, 5.74) is -1.13. The van der Waals surface area contributed by atoms with E-state index in [1.165, 1.54) is 18.2 Å². The van der Waals surface area contributed by atoms with Crippen LogP contribution in [0.1, 0.15) is 21.5 Å². The van der Waals surface area contributed by atoms with E-state index in [2.05, 4.69) is 4.74 Å². The zero-order chi connectivity index (χ0) is 17.0. The van der Waals surface area contributed by atoms with E-state index in [0.29, 0.717) is 0 Å². The molecule has 3 nitrogen and oxygen atoms in total. The maximum atomic E-state index is 13.2. The highest BCUT2D eigenvalue weighted by Gasteiger charge is 2.33. The Morgan fingerprint density at radius 2 is 1.83 bits per heavy atom. The number of halogens is 4. The molecule has 0 saturated heterocycles. The van der Waals surface area contributed by atoms with Gasteiger partial charge in [-0.15, -0.1) is 0 Å². The van der Waals surface area contributed by atoms with Crippen molar-refractivity contribution in [2.45, 2.75) is 12.8 Å². The van der Waals surface area contributed by atoms with Crippen LogP contribution >= 0.6 is 0 Å². The molecule has 0 aliphatic rings. The molecule has 0 fully saturated rings. The van der Waals surface area contributed by atoms with Crippen LogP contribution in [-0.2, 0) is 17.5 Å². The molecule has 0 atom stereocenters. The van der Waals surface area contributed by atoms with Crippen LogP contribution in [0.25, 0.3) is 0 Å². The highest BCUT2D eigenvalue weighted by atomic mass is 19.4. The van der Waals surface area contributed by atoms with Crippen molar-refractivity contribution in [3.05, 3.63) is 65.0 Å². The predicted molar refractivity (Wildman–Crippen MR) is 73.5 cm³/mol. The van der Waals surface area contributed by atoms with Gasteiger partial charge in [0.1, 0.15) is 23.7 Å². The first-order chi connectivity index (χ1) is 10.8. The van der Waals surface area contributed by atoms with Gasteiger partial charge in [0.2, 0.25) is 0 Å². The van der Waals surface area contributed by atoms with Crippen LogP contribution in [0.2, 0.25) is 0 Å². The normalized spacial score (nSPS) is 11.2. The second kappa shape index (κ2) is 6.68. The first-order valence-electron chi connectivity index (χ1n) is 6.48. The summed E-state index contributed by atoms with van der Waals surface area (Å²) in [6.07, 6.45) is -4.52. The maximum absolute atomic E-state index is 13.2. The van der Waals surface area contributed by atoms with Crippen LogP contribution in [0.15, 0.2) is 42.5 Å². The largest absolute Gasteiger partial charge is 0.488 e. The Labute approximate surface area is 129 Å². The van der Waals surface area contributed by atoms with Crippen LogP contribution in [0.5, 0.6) is 5.75 Å². The topological polar surface area (TPSA) is 35.5 Å². The van der Waals surface area contributed by atoms with Gasteiger partial charge in [0.15, 0.2) is 0 Å². The fourth-order valence-corrected chi connectivity index (χ4v) is 1.98. The highest BCUT2D eigenvalue weighted by molar-refractivity contribution is 5.92. The number of alkyl halides is 3. The van der Waals surface area contributed by atoms with Crippen LogP contribution in [0.3, 0.4) is 0 Å². The van der Waals surface area contributed by atoms with Crippen molar-refractivity contribution >= 4 is 5.97 Å². The van der Waals surface area contributed by atoms with Crippen molar-refractivity contribution in [3.63, 3.8) is 0 Å². The number of carbonyl (C=O) groups excluding carboxylic acids is 1. The lowest BCUT2D eigenvalue weighted by atomic mass is 10.1. The third kappa shape index (κ3) is 4.00. The molecule has 0 aromatic heterocycles. The Hall–Kier alpha value is -2.57. The summed E-state index contributed by atoms with van der Waals surface area (Å²) in [6.45, 7) is -0.425. The Bertz CT molecular complexity index is 711. The number of esters is 1. The van der Waals surface area contributed by atoms with Gasteiger partial charge in [-0.05, 0) is 24.3 Å². The molecule has 0 aliphatic carbocycles. The van der Waals surface area contributed by atoms with Crippen molar-refractivity contribution < 1.29 is 31.8 Å². The van der Waals surface area contributed by atoms with E-state index in [0.717, 1.165) is 31.4 Å². The molecule has 0 radical (unpaired) electrons. The minimum absolute atomic E-state index is 0.0600. The van der Waals surface area contributed by atoms with Crippen molar-refractivity contribution in [2.75, 3.05) is 7.11 Å². The molecule has 0 heterocycles. The SMILES string of the molecule is COC(=O)c1cc(F)ccc1OCc1ccccc1C(F)(F)F. The number of ether oxygens (including phenoxy) is 2. The number of methoxy groups -OCH3 is 1. The molecule has 2 aromatic carbocycles. The number of benzene rings is 2. The number of hydrogen-bond donors (Lipinski definition) is 0. The average Bonchev–Trinajstić information content (AvgIpc) is 2.52. The van der Waals surface area contributed by atoms with Crippen LogP contribution in [-0.4, -0.2) is 13.1 Å². The third-order valence-corrected chi connectivity index (χ3v) is 3.05. The second-order valence-electron chi connectivity index (χ2n) is 4.58. The van der Waals surface area contributed by atoms with Crippen LogP contribution < -0.4 is 4.74 Å². The lowest BCUT2D eigenvalue weighted by Gasteiger charge is -2.14. The van der Waals surface area contributed by atoms with Gasteiger partial charge in [0.25, 0.3) is 0 Å². The van der Waals surface area contributed by atoms with Crippen LogP contribution in [0, 0.1) is 5.82 Å². The minimum Gasteiger partial charge on any atom is -0.488 e. The molecule has 0 saturated carbocycles. The molecule has 0 amide bonds. The molecule has 0 N–H and O–H groups in total. The Morgan fingerprint density at radius 3 is 2.48 bits per heavy atom. The maximum Gasteiger partial charge on any atom is 0.416 e. The standard InChI is InChI=1S/C16H12F4O3/c1-22-15(21)12-8-11(17)6-7-14(12)23-9-10-4-2-3-5-13(10)16(18,19)20/h2-8H,9H2,1H3. The molecule has 0 unspecified atom stereocenters. The lowest BCUT2D eigenvalue weighted by molar-refractivity contribution is -0.138. The molecule has 2 rings (SSSR count). The summed E-state index contributed by atoms with van der Waals surface area (Å²) in [5.74, 6) is -1.59. The van der Waals surface area contributed by atoms with Crippen molar-refractivity contribution in [3.8, 4) is 5.75 Å². The molecule has 0 bridgehead atoms. The summed E-state index contributed by atoms with van der Waals surface area (Å²) in [5, 5.41) is 0. The third-order valence-electron chi connectivity index (χ3n) is 3.05. The van der Waals surface area contributed by atoms with Gasteiger partial charge in [0, 0.05) is 5.56 Å². The predicted octanol–water partition coefficient (Wildman–Crippen LogP) is 4.21. The number of rotatable bonds is 4. The number of carbonyl (C=O) groups is 1. The highest BCUT2D eigenvalue weighted by Crippen LogP contribution is 2.32. The van der Waals surface area contributed by atoms with Crippen molar-refractivity contribution in [1.29, 1.82) is 0 Å². The average molecular weight is 328 g/mol. The first-order valence-corrected chi connectivity index (χ1v) is 6.48. The molecule has 23 heavy (non-hydrogen) atoms. The van der Waals surface area contributed by atoms with E-state index < -0.39 is 30.1 Å². The molecular formula is C16H12F4O3. The molecule has 0 spiro atoms. The monoisotopic (exact) mass is 328 g/mol. The molecule has 7 heteroatoms. The zero-order valence-corrected chi connectivity index (χ0v) is 12.0. The fraction of sp³-hybridized carbons (Fsp3) is 0.188. The Balaban J connectivity index is 2.28. The summed E-state index contributed by atoms with van der Waals surface area (Å²) in [7, 11) is 1.11. The first kappa shape index (κ1) is 16.8. The lowest BCUT2D eigenvalue weighted by Crippen LogP contribution is -2.12. The van der Waals surface area contributed by atoms with Gasteiger partial charge < -0.3 is 9.47 Å². The Kier molecular flexibility index (Phi) is 4.88. The Morgan fingerprint density at radius 1 is 1.13 bits per heavy atom. The van der Waals surface area contributed by atoms with Crippen LogP contribution in [0.4, 0.5) is 17.6 Å².